The Labute approximate surface area is 120 Å². The van der Waals surface area contributed by atoms with E-state index in [0.717, 1.165) is 0 Å². The minimum Gasteiger partial charge on any atom is -0.309 e. The Morgan fingerprint density at radius 3 is 2.47 bits per heavy atom. The second-order valence-corrected chi connectivity index (χ2v) is 6.79. The van der Waals surface area contributed by atoms with Gasteiger partial charge < -0.3 is 4.90 Å². The smallest absolute Gasteiger partial charge is 0.307 e. The Morgan fingerprint density at radius 2 is 1.95 bits per heavy atom. The van der Waals surface area contributed by atoms with E-state index in [-0.39, 0.29) is 18.0 Å². The minimum atomic E-state index is -4.74. The Kier molecular flexibility index (Phi) is 3.77. The third-order valence-corrected chi connectivity index (χ3v) is 4.83. The molecule has 1 amide bonds. The summed E-state index contributed by atoms with van der Waals surface area (Å²) in [4.78, 5) is 13.0. The van der Waals surface area contributed by atoms with Crippen molar-refractivity contribution in [2.45, 2.75) is 18.6 Å². The Balaban J connectivity index is 2.39. The second-order valence-electron chi connectivity index (χ2n) is 4.36. The topological polar surface area (TPSA) is 54.5 Å². The summed E-state index contributed by atoms with van der Waals surface area (Å²) in [5, 5.41) is -0.678. The molecule has 8 heteroatoms. The fourth-order valence-electron chi connectivity index (χ4n) is 1.95. The molecule has 1 saturated heterocycles. The van der Waals surface area contributed by atoms with Crippen molar-refractivity contribution in [2.24, 2.45) is 0 Å². The van der Waals surface area contributed by atoms with E-state index in [0.29, 0.717) is 16.3 Å². The van der Waals surface area contributed by atoms with Gasteiger partial charge in [0.2, 0.25) is 5.91 Å². The number of carbonyl (C=O) groups excluding carboxylic acids is 1. The van der Waals surface area contributed by atoms with Crippen molar-refractivity contribution in [2.75, 3.05) is 11.4 Å². The molecule has 104 valence electrons. The van der Waals surface area contributed by atoms with Crippen LogP contribution in [0.1, 0.15) is 12.0 Å². The first kappa shape index (κ1) is 14.6. The van der Waals surface area contributed by atoms with Gasteiger partial charge in [-0.3, -0.25) is 4.79 Å². The number of rotatable bonds is 2. The zero-order chi connectivity index (χ0) is 14.4. The molecule has 0 saturated carbocycles. The molecule has 1 aliphatic heterocycles. The Bertz CT molecular complexity index is 648. The molecule has 1 fully saturated rings. The van der Waals surface area contributed by atoms with E-state index in [1.165, 1.54) is 11.0 Å². The molecule has 0 N–H and O–H groups in total. The first-order valence-electron chi connectivity index (χ1n) is 5.39. The largest absolute Gasteiger partial charge is 0.309 e. The van der Waals surface area contributed by atoms with Gasteiger partial charge in [-0.1, -0.05) is 23.2 Å². The Hall–Kier alpha value is -0.850. The minimum absolute atomic E-state index is 0.223. The predicted molar refractivity (Wildman–Crippen MR) is 72.0 cm³/mol. The van der Waals surface area contributed by atoms with Gasteiger partial charge in [-0.05, 0) is 24.6 Å². The van der Waals surface area contributed by atoms with Gasteiger partial charge in [0, 0.05) is 18.0 Å². The molecule has 1 aromatic rings. The van der Waals surface area contributed by atoms with E-state index in [4.69, 9.17) is 23.2 Å². The summed E-state index contributed by atoms with van der Waals surface area (Å²) in [5.74, 6) is -0.477. The first-order valence-corrected chi connectivity index (χ1v) is 7.60. The third-order valence-electron chi connectivity index (χ3n) is 3.01. The van der Waals surface area contributed by atoms with Crippen molar-refractivity contribution in [1.29, 1.82) is 0 Å². The van der Waals surface area contributed by atoms with Crippen LogP contribution in [0.4, 0.5) is 9.57 Å². The van der Waals surface area contributed by atoms with Gasteiger partial charge in [-0.2, -0.15) is 8.42 Å². The maximum atomic E-state index is 12.9. The van der Waals surface area contributed by atoms with Crippen molar-refractivity contribution in [3.63, 3.8) is 0 Å². The number of hydrogen-bond donors (Lipinski definition) is 0. The van der Waals surface area contributed by atoms with E-state index in [1.54, 1.807) is 13.0 Å². The molecule has 1 atom stereocenters. The van der Waals surface area contributed by atoms with Crippen molar-refractivity contribution < 1.29 is 17.1 Å². The molecule has 0 bridgehead atoms. The average Bonchev–Trinajstić information content (AvgIpc) is 2.65. The number of carbonyl (C=O) groups is 1. The van der Waals surface area contributed by atoms with Crippen molar-refractivity contribution in [3.05, 3.63) is 27.7 Å². The van der Waals surface area contributed by atoms with Gasteiger partial charge in [0.1, 0.15) is 5.25 Å². The lowest BCUT2D eigenvalue weighted by Crippen LogP contribution is -2.27. The number of hydrogen-bond acceptors (Lipinski definition) is 3. The average molecular weight is 326 g/mol. The van der Waals surface area contributed by atoms with Crippen LogP contribution in [0.5, 0.6) is 0 Å². The van der Waals surface area contributed by atoms with Crippen LogP contribution in [-0.4, -0.2) is 26.1 Å². The normalized spacial score (nSPS) is 20.1. The molecule has 1 aromatic carbocycles. The summed E-state index contributed by atoms with van der Waals surface area (Å²) < 4.78 is 34.7. The van der Waals surface area contributed by atoms with Gasteiger partial charge in [0.05, 0.1) is 10.7 Å². The predicted octanol–water partition coefficient (Wildman–Crippen LogP) is 2.71. The van der Waals surface area contributed by atoms with Gasteiger partial charge in [0.25, 0.3) is 0 Å². The maximum Gasteiger partial charge on any atom is 0.307 e. The molecule has 4 nitrogen and oxygen atoms in total. The summed E-state index contributed by atoms with van der Waals surface area (Å²) in [6.07, 6.45) is -0.378. The van der Waals surface area contributed by atoms with Crippen LogP contribution in [0.25, 0.3) is 0 Å². The lowest BCUT2D eigenvalue weighted by molar-refractivity contribution is -0.117. The highest BCUT2D eigenvalue weighted by atomic mass is 35.5. The number of anilines is 1. The third kappa shape index (κ3) is 2.85. The van der Waals surface area contributed by atoms with Crippen LogP contribution in [0, 0.1) is 6.92 Å². The fourth-order valence-corrected chi connectivity index (χ4v) is 3.10. The van der Waals surface area contributed by atoms with Gasteiger partial charge in [0.15, 0.2) is 0 Å². The van der Waals surface area contributed by atoms with Crippen LogP contribution in [-0.2, 0) is 15.0 Å². The summed E-state index contributed by atoms with van der Waals surface area (Å²) >= 11 is 11.9. The van der Waals surface area contributed by atoms with E-state index >= 15 is 0 Å². The Morgan fingerprint density at radius 1 is 1.32 bits per heavy atom. The zero-order valence-corrected chi connectivity index (χ0v) is 12.2. The molecule has 1 aliphatic rings. The monoisotopic (exact) mass is 325 g/mol. The molecule has 2 rings (SSSR count). The van der Waals surface area contributed by atoms with E-state index < -0.39 is 21.4 Å². The summed E-state index contributed by atoms with van der Waals surface area (Å²) in [6, 6.07) is 3.05. The fraction of sp³-hybridized carbons (Fsp3) is 0.364. The highest BCUT2D eigenvalue weighted by Crippen LogP contribution is 2.35. The quantitative estimate of drug-likeness (QED) is 0.785. The van der Waals surface area contributed by atoms with Gasteiger partial charge in [-0.25, -0.2) is 0 Å². The van der Waals surface area contributed by atoms with Crippen molar-refractivity contribution in [1.82, 2.24) is 0 Å². The highest BCUT2D eigenvalue weighted by Gasteiger charge is 2.39. The second kappa shape index (κ2) is 4.92. The van der Waals surface area contributed by atoms with Crippen molar-refractivity contribution in [3.8, 4) is 0 Å². The maximum absolute atomic E-state index is 12.9. The summed E-state index contributed by atoms with van der Waals surface area (Å²) in [5.41, 5.74) is 1.04. The molecular weight excluding hydrogens is 316 g/mol. The SMILES string of the molecule is Cc1cc(N2CC(S(=O)(=O)F)CC2=O)c(Cl)cc1Cl. The van der Waals surface area contributed by atoms with E-state index in [2.05, 4.69) is 0 Å². The van der Waals surface area contributed by atoms with Crippen LogP contribution < -0.4 is 4.90 Å². The molecule has 0 aromatic heterocycles. The van der Waals surface area contributed by atoms with Gasteiger partial charge >= 0.3 is 10.2 Å². The van der Waals surface area contributed by atoms with Crippen LogP contribution >= 0.6 is 23.2 Å². The van der Waals surface area contributed by atoms with E-state index in [1.807, 2.05) is 0 Å². The zero-order valence-electron chi connectivity index (χ0n) is 9.86. The molecule has 0 aliphatic carbocycles. The standard InChI is InChI=1S/C11H10Cl2FNO3S/c1-6-2-10(9(13)4-8(6)12)15-5-7(3-11(15)16)19(14,17)18/h2,4,7H,3,5H2,1H3. The number of benzene rings is 1. The van der Waals surface area contributed by atoms with Crippen LogP contribution in [0.3, 0.4) is 0 Å². The molecule has 0 spiro atoms. The lowest BCUT2D eigenvalue weighted by Gasteiger charge is -2.18. The van der Waals surface area contributed by atoms with Crippen LogP contribution in [0.2, 0.25) is 10.0 Å². The van der Waals surface area contributed by atoms with Crippen molar-refractivity contribution >= 4 is 45.0 Å². The number of halogens is 3. The number of aryl methyl sites for hydroxylation is 1. The first-order chi connectivity index (χ1) is 8.70. The summed E-state index contributed by atoms with van der Waals surface area (Å²) in [7, 11) is -4.74. The van der Waals surface area contributed by atoms with Gasteiger partial charge in [-0.15, -0.1) is 3.89 Å². The lowest BCUT2D eigenvalue weighted by atomic mass is 10.2. The summed E-state index contributed by atoms with van der Waals surface area (Å²) in [6.45, 7) is 1.49. The van der Waals surface area contributed by atoms with Crippen LogP contribution in [0.15, 0.2) is 12.1 Å². The van der Waals surface area contributed by atoms with E-state index in [9.17, 15) is 17.1 Å². The molecule has 19 heavy (non-hydrogen) atoms. The number of amides is 1. The molecule has 0 radical (unpaired) electrons. The molecular formula is C11H10Cl2FNO3S. The highest BCUT2D eigenvalue weighted by molar-refractivity contribution is 7.87. The molecule has 1 unspecified atom stereocenters. The number of nitrogens with zero attached hydrogens (tertiary/aromatic N) is 1. The molecule has 1 heterocycles.